The second kappa shape index (κ2) is 12.1. The first-order valence-electron chi connectivity index (χ1n) is 11.5. The molecule has 2 aromatic carbocycles. The first-order chi connectivity index (χ1) is 17.4. The van der Waals surface area contributed by atoms with E-state index in [1.165, 1.54) is 18.1 Å². The molecule has 0 saturated carbocycles. The van der Waals surface area contributed by atoms with Gasteiger partial charge in [0.2, 0.25) is 5.91 Å². The fourth-order valence-corrected chi connectivity index (χ4v) is 4.85. The Kier molecular flexibility index (Phi) is 8.70. The van der Waals surface area contributed by atoms with Crippen molar-refractivity contribution in [2.75, 3.05) is 11.1 Å². The second-order valence-electron chi connectivity index (χ2n) is 8.49. The monoisotopic (exact) mass is 512 g/mol. The standard InChI is InChI=1S/C25H28N4O6S/c1-15-20(13-36-25-26-14-27-29-25)34-24(35-23(15)17-4-2-16(12-30)3-5-17)18-6-8-19(9-7-18)28-21(31)10-11-22(32)33/h2-9,14-15,20,23-24,30H,10-13H2,1H3,(H,28,31)(H,32,33)(H,26,27,29)/t15-,20+,23+,24+/m0/s1. The van der Waals surface area contributed by atoms with Gasteiger partial charge >= 0.3 is 5.97 Å². The molecule has 1 fully saturated rings. The number of H-pyrrole nitrogens is 1. The van der Waals surface area contributed by atoms with Crippen molar-refractivity contribution in [1.29, 1.82) is 0 Å². The van der Waals surface area contributed by atoms with Crippen LogP contribution in [0.1, 0.15) is 48.8 Å². The number of aromatic nitrogens is 3. The summed E-state index contributed by atoms with van der Waals surface area (Å²) >= 11 is 1.52. The molecular formula is C25H28N4O6S. The maximum absolute atomic E-state index is 11.9. The zero-order valence-corrected chi connectivity index (χ0v) is 20.5. The minimum absolute atomic E-state index is 0.0251. The molecule has 11 heteroatoms. The molecule has 4 rings (SSSR count). The number of carbonyl (C=O) groups is 2. The lowest BCUT2D eigenvalue weighted by molar-refractivity contribution is -0.268. The van der Waals surface area contributed by atoms with Gasteiger partial charge in [-0.25, -0.2) is 4.98 Å². The minimum Gasteiger partial charge on any atom is -0.481 e. The van der Waals surface area contributed by atoms with Crippen molar-refractivity contribution in [1.82, 2.24) is 15.2 Å². The number of amides is 1. The average molecular weight is 513 g/mol. The topological polar surface area (TPSA) is 147 Å². The van der Waals surface area contributed by atoms with Crippen LogP contribution in [0.15, 0.2) is 60.0 Å². The lowest BCUT2D eigenvalue weighted by Crippen LogP contribution is -2.38. The molecule has 0 bridgehead atoms. The third kappa shape index (κ3) is 6.70. The molecule has 0 unspecified atom stereocenters. The van der Waals surface area contributed by atoms with Crippen LogP contribution in [0.25, 0.3) is 0 Å². The Labute approximate surface area is 212 Å². The number of aromatic amines is 1. The second-order valence-corrected chi connectivity index (χ2v) is 9.50. The number of carbonyl (C=O) groups excluding carboxylic acids is 1. The summed E-state index contributed by atoms with van der Waals surface area (Å²) in [7, 11) is 0. The average Bonchev–Trinajstić information content (AvgIpc) is 3.41. The highest BCUT2D eigenvalue weighted by Gasteiger charge is 2.38. The Bertz CT molecular complexity index is 1140. The Morgan fingerprint density at radius 3 is 2.42 bits per heavy atom. The van der Waals surface area contributed by atoms with Crippen molar-refractivity contribution in [2.24, 2.45) is 5.92 Å². The lowest BCUT2D eigenvalue weighted by Gasteiger charge is -2.41. The molecule has 1 aromatic heterocycles. The Morgan fingerprint density at radius 1 is 1.06 bits per heavy atom. The van der Waals surface area contributed by atoms with E-state index in [1.807, 2.05) is 36.4 Å². The maximum atomic E-state index is 11.9. The summed E-state index contributed by atoms with van der Waals surface area (Å²) in [5, 5.41) is 28.3. The van der Waals surface area contributed by atoms with Crippen LogP contribution in [0, 0.1) is 5.92 Å². The number of hydrogen-bond donors (Lipinski definition) is 4. The molecule has 4 atom stereocenters. The van der Waals surface area contributed by atoms with Gasteiger partial charge in [0.05, 0.1) is 25.2 Å². The van der Waals surface area contributed by atoms with E-state index in [9.17, 15) is 14.7 Å². The zero-order valence-electron chi connectivity index (χ0n) is 19.7. The van der Waals surface area contributed by atoms with E-state index in [2.05, 4.69) is 27.4 Å². The summed E-state index contributed by atoms with van der Waals surface area (Å²) in [5.41, 5.74) is 3.17. The first kappa shape index (κ1) is 25.8. The molecular weight excluding hydrogens is 484 g/mol. The molecule has 190 valence electrons. The molecule has 10 nitrogen and oxygen atoms in total. The van der Waals surface area contributed by atoms with Gasteiger partial charge in [-0.05, 0) is 23.3 Å². The Hall–Kier alpha value is -3.25. The highest BCUT2D eigenvalue weighted by atomic mass is 32.2. The lowest BCUT2D eigenvalue weighted by atomic mass is 9.91. The number of nitrogens with one attached hydrogen (secondary N) is 2. The molecule has 1 amide bonds. The zero-order chi connectivity index (χ0) is 25.5. The van der Waals surface area contributed by atoms with Gasteiger partial charge in [0.25, 0.3) is 0 Å². The first-order valence-corrected chi connectivity index (χ1v) is 12.5. The van der Waals surface area contributed by atoms with Crippen LogP contribution >= 0.6 is 11.8 Å². The minimum atomic E-state index is -1.02. The smallest absolute Gasteiger partial charge is 0.303 e. The van der Waals surface area contributed by atoms with Crippen LogP contribution in [0.2, 0.25) is 0 Å². The van der Waals surface area contributed by atoms with E-state index in [4.69, 9.17) is 14.6 Å². The molecule has 4 N–H and O–H groups in total. The van der Waals surface area contributed by atoms with Gasteiger partial charge < -0.3 is 25.0 Å². The van der Waals surface area contributed by atoms with Crippen molar-refractivity contribution < 1.29 is 29.3 Å². The number of aliphatic hydroxyl groups excluding tert-OH is 1. The Morgan fingerprint density at radius 2 is 1.78 bits per heavy atom. The van der Waals surface area contributed by atoms with Gasteiger partial charge in [-0.15, -0.1) is 0 Å². The number of aliphatic carboxylic acids is 1. The van der Waals surface area contributed by atoms with Crippen molar-refractivity contribution in [2.45, 2.75) is 50.0 Å². The fraction of sp³-hybridized carbons (Fsp3) is 0.360. The largest absolute Gasteiger partial charge is 0.481 e. The van der Waals surface area contributed by atoms with Gasteiger partial charge in [0.15, 0.2) is 11.4 Å². The number of aliphatic hydroxyl groups is 1. The van der Waals surface area contributed by atoms with Crippen molar-refractivity contribution >= 4 is 29.3 Å². The quantitative estimate of drug-likeness (QED) is 0.299. The van der Waals surface area contributed by atoms with Crippen molar-refractivity contribution in [3.8, 4) is 0 Å². The van der Waals surface area contributed by atoms with Crippen LogP contribution < -0.4 is 5.32 Å². The number of anilines is 1. The highest BCUT2D eigenvalue weighted by molar-refractivity contribution is 7.99. The van der Waals surface area contributed by atoms with Gasteiger partial charge in [-0.1, -0.05) is 55.1 Å². The summed E-state index contributed by atoms with van der Waals surface area (Å²) in [6.07, 6.45) is 0.114. The van der Waals surface area contributed by atoms with Crippen molar-refractivity contribution in [3.05, 3.63) is 71.5 Å². The van der Waals surface area contributed by atoms with E-state index < -0.39 is 12.3 Å². The number of carboxylic acids is 1. The predicted molar refractivity (Wildman–Crippen MR) is 132 cm³/mol. The van der Waals surface area contributed by atoms with Crippen LogP contribution in [-0.2, 0) is 25.7 Å². The summed E-state index contributed by atoms with van der Waals surface area (Å²) in [6.45, 7) is 2.06. The van der Waals surface area contributed by atoms with E-state index in [0.717, 1.165) is 16.7 Å². The van der Waals surface area contributed by atoms with Gasteiger partial charge in [0.1, 0.15) is 6.33 Å². The molecule has 0 aliphatic carbocycles. The number of benzene rings is 2. The summed E-state index contributed by atoms with van der Waals surface area (Å²) in [6, 6.07) is 14.8. The molecule has 0 radical (unpaired) electrons. The molecule has 1 aliphatic heterocycles. The van der Waals surface area contributed by atoms with E-state index in [1.54, 1.807) is 12.1 Å². The van der Waals surface area contributed by atoms with E-state index in [-0.39, 0.29) is 43.5 Å². The van der Waals surface area contributed by atoms with Crippen molar-refractivity contribution in [3.63, 3.8) is 0 Å². The molecule has 0 spiro atoms. The number of nitrogens with zero attached hydrogens (tertiary/aromatic N) is 2. The number of rotatable bonds is 10. The fourth-order valence-electron chi connectivity index (χ4n) is 3.90. The predicted octanol–water partition coefficient (Wildman–Crippen LogP) is 3.68. The van der Waals surface area contributed by atoms with E-state index >= 15 is 0 Å². The van der Waals surface area contributed by atoms with Crippen LogP contribution in [0.4, 0.5) is 5.69 Å². The number of carboxylic acid groups (broad SMARTS) is 1. The van der Waals surface area contributed by atoms with E-state index in [0.29, 0.717) is 16.6 Å². The summed E-state index contributed by atoms with van der Waals surface area (Å²) < 4.78 is 12.8. The third-order valence-corrected chi connectivity index (χ3v) is 6.90. The SMILES string of the molecule is C[C@H]1[C@@H](CSc2ncn[nH]2)O[C@@H](c2ccc(NC(=O)CCC(=O)O)cc2)O[C@H]1c1ccc(CO)cc1. The number of ether oxygens (including phenoxy) is 2. The molecule has 1 saturated heterocycles. The van der Waals surface area contributed by atoms with Gasteiger partial charge in [-0.2, -0.15) is 5.10 Å². The third-order valence-electron chi connectivity index (χ3n) is 5.93. The molecule has 1 aliphatic rings. The van der Waals surface area contributed by atoms with Gasteiger partial charge in [-0.3, -0.25) is 14.7 Å². The maximum Gasteiger partial charge on any atom is 0.303 e. The summed E-state index contributed by atoms with van der Waals surface area (Å²) in [5.74, 6) is -0.707. The summed E-state index contributed by atoms with van der Waals surface area (Å²) in [4.78, 5) is 26.8. The molecule has 3 aromatic rings. The van der Waals surface area contributed by atoms with Crippen LogP contribution in [0.3, 0.4) is 0 Å². The number of thioether (sulfide) groups is 1. The Balaban J connectivity index is 1.50. The van der Waals surface area contributed by atoms with Gasteiger partial charge in [0, 0.05) is 29.3 Å². The van der Waals surface area contributed by atoms with Crippen LogP contribution in [0.5, 0.6) is 0 Å². The normalized spacial score (nSPS) is 21.7. The van der Waals surface area contributed by atoms with Crippen LogP contribution in [-0.4, -0.2) is 49.1 Å². The highest BCUT2D eigenvalue weighted by Crippen LogP contribution is 2.42. The molecule has 36 heavy (non-hydrogen) atoms. The number of hydrogen-bond acceptors (Lipinski definition) is 8. The molecule has 2 heterocycles.